The second-order valence-corrected chi connectivity index (χ2v) is 7.66. The number of ether oxygens (including phenoxy) is 1. The first-order chi connectivity index (χ1) is 13.5. The molecular weight excluding hydrogens is 352 g/mol. The molecule has 5 N–H and O–H groups in total. The lowest BCUT2D eigenvalue weighted by atomic mass is 9.72. The van der Waals surface area contributed by atoms with Gasteiger partial charge in [0.05, 0.1) is 12.7 Å². The lowest BCUT2D eigenvalue weighted by Gasteiger charge is -2.40. The first kappa shape index (κ1) is 20.5. The van der Waals surface area contributed by atoms with Crippen molar-refractivity contribution in [1.82, 2.24) is 14.8 Å². The molecule has 0 aliphatic heterocycles. The molecule has 0 aromatic carbocycles. The van der Waals surface area contributed by atoms with Crippen molar-refractivity contribution in [3.05, 3.63) is 53.7 Å². The van der Waals surface area contributed by atoms with Crippen LogP contribution < -0.4 is 16.5 Å². The Bertz CT molecular complexity index is 798. The van der Waals surface area contributed by atoms with E-state index in [-0.39, 0.29) is 23.6 Å². The Labute approximate surface area is 166 Å². The first-order valence-corrected chi connectivity index (χ1v) is 9.94. The zero-order valence-corrected chi connectivity index (χ0v) is 16.8. The minimum atomic E-state index is 0.146. The van der Waals surface area contributed by atoms with Gasteiger partial charge < -0.3 is 20.7 Å². The van der Waals surface area contributed by atoms with Crippen LogP contribution >= 0.6 is 0 Å². The minimum absolute atomic E-state index is 0.146. The van der Waals surface area contributed by atoms with Gasteiger partial charge in [0, 0.05) is 44.2 Å². The summed E-state index contributed by atoms with van der Waals surface area (Å²) in [6, 6.07) is 3.83. The van der Waals surface area contributed by atoms with Gasteiger partial charge in [-0.2, -0.15) is 0 Å². The zero-order chi connectivity index (χ0) is 20.1. The van der Waals surface area contributed by atoms with E-state index in [9.17, 15) is 0 Å². The molecule has 3 rings (SSSR count). The summed E-state index contributed by atoms with van der Waals surface area (Å²) >= 11 is 0. The van der Waals surface area contributed by atoms with E-state index >= 15 is 0 Å². The molecule has 7 nitrogen and oxygen atoms in total. The number of hydrogen-bond acceptors (Lipinski definition) is 5. The molecule has 0 amide bonds. The Morgan fingerprint density at radius 2 is 2.04 bits per heavy atom. The highest BCUT2D eigenvalue weighted by atomic mass is 16.5. The molecule has 1 fully saturated rings. The van der Waals surface area contributed by atoms with Crippen molar-refractivity contribution in [2.24, 2.45) is 17.6 Å². The lowest BCUT2D eigenvalue weighted by molar-refractivity contribution is -0.0240. The zero-order valence-electron chi connectivity index (χ0n) is 16.8. The average Bonchev–Trinajstić information content (AvgIpc) is 2.72. The summed E-state index contributed by atoms with van der Waals surface area (Å²) < 4.78 is 7.87. The minimum Gasteiger partial charge on any atom is -0.373 e. The Balaban J connectivity index is 1.66. The van der Waals surface area contributed by atoms with E-state index in [1.807, 2.05) is 31.3 Å². The molecule has 1 saturated carbocycles. The number of allylic oxidation sites excluding steroid dienone is 2. The molecule has 7 heteroatoms. The molecule has 1 heterocycles. The fourth-order valence-corrected chi connectivity index (χ4v) is 3.96. The van der Waals surface area contributed by atoms with Crippen LogP contribution in [0, 0.1) is 22.7 Å². The maximum atomic E-state index is 8.39. The van der Waals surface area contributed by atoms with Gasteiger partial charge in [-0.1, -0.05) is 30.4 Å². The maximum Gasteiger partial charge on any atom is 0.203 e. The van der Waals surface area contributed by atoms with E-state index in [1.54, 1.807) is 10.6 Å². The predicted molar refractivity (Wildman–Crippen MR) is 111 cm³/mol. The summed E-state index contributed by atoms with van der Waals surface area (Å²) in [6.45, 7) is 1.95. The molecule has 2 aliphatic carbocycles. The summed E-state index contributed by atoms with van der Waals surface area (Å²) in [5.41, 5.74) is 7.54. The number of fused-ring (bicyclic) bond motifs is 1. The van der Waals surface area contributed by atoms with Crippen molar-refractivity contribution in [3.63, 3.8) is 0 Å². The Morgan fingerprint density at radius 3 is 2.79 bits per heavy atom. The van der Waals surface area contributed by atoms with Gasteiger partial charge in [-0.25, -0.2) is 0 Å². The number of aromatic nitrogens is 1. The van der Waals surface area contributed by atoms with Crippen LogP contribution in [0.1, 0.15) is 18.4 Å². The van der Waals surface area contributed by atoms with Crippen molar-refractivity contribution in [1.29, 1.82) is 10.8 Å². The maximum absolute atomic E-state index is 8.39. The van der Waals surface area contributed by atoms with Crippen LogP contribution in [-0.2, 0) is 11.3 Å². The molecule has 0 radical (unpaired) electrons. The highest BCUT2D eigenvalue weighted by Crippen LogP contribution is 2.35. The van der Waals surface area contributed by atoms with Crippen molar-refractivity contribution in [3.8, 4) is 0 Å². The second kappa shape index (κ2) is 9.32. The molecule has 152 valence electrons. The van der Waals surface area contributed by atoms with Crippen LogP contribution in [0.5, 0.6) is 0 Å². The fraction of sp³-hybridized carbons (Fsp3) is 0.524. The van der Waals surface area contributed by atoms with Gasteiger partial charge >= 0.3 is 0 Å². The smallest absolute Gasteiger partial charge is 0.203 e. The van der Waals surface area contributed by atoms with E-state index in [1.165, 1.54) is 0 Å². The number of nitrogens with zero attached hydrogens (tertiary/aromatic N) is 2. The van der Waals surface area contributed by atoms with E-state index in [0.29, 0.717) is 25.0 Å². The van der Waals surface area contributed by atoms with Crippen molar-refractivity contribution < 1.29 is 4.74 Å². The largest absolute Gasteiger partial charge is 0.373 e. The summed E-state index contributed by atoms with van der Waals surface area (Å²) in [5.74, 6) is 0.951. The van der Waals surface area contributed by atoms with E-state index < -0.39 is 0 Å². The number of rotatable bonds is 6. The molecule has 0 bridgehead atoms. The van der Waals surface area contributed by atoms with E-state index in [2.05, 4.69) is 29.6 Å². The number of nitrogens with two attached hydrogens (primary N) is 1. The van der Waals surface area contributed by atoms with Gasteiger partial charge in [0.2, 0.25) is 5.96 Å². The van der Waals surface area contributed by atoms with Crippen molar-refractivity contribution in [2.75, 3.05) is 27.2 Å². The predicted octanol–water partition coefficient (Wildman–Crippen LogP) is 1.27. The molecule has 2 aliphatic rings. The van der Waals surface area contributed by atoms with Gasteiger partial charge in [-0.3, -0.25) is 15.4 Å². The number of hydrogen-bond donors (Lipinski definition) is 4. The number of likely N-dealkylation sites (N-methyl/N-ethyl adjacent to an activating group) is 2. The summed E-state index contributed by atoms with van der Waals surface area (Å²) in [4.78, 5) is 1.82. The Hall–Kier alpha value is -2.22. The van der Waals surface area contributed by atoms with Gasteiger partial charge in [0.25, 0.3) is 0 Å². The topological polar surface area (TPSA) is 103 Å². The summed E-state index contributed by atoms with van der Waals surface area (Å²) in [7, 11) is 3.75. The molecular formula is C21H32N6O. The molecule has 0 saturated heterocycles. The first-order valence-electron chi connectivity index (χ1n) is 9.94. The van der Waals surface area contributed by atoms with Gasteiger partial charge in [-0.15, -0.1) is 0 Å². The molecule has 28 heavy (non-hydrogen) atoms. The fourth-order valence-electron chi connectivity index (χ4n) is 3.96. The molecule has 2 unspecified atom stereocenters. The summed E-state index contributed by atoms with van der Waals surface area (Å²) in [5, 5.41) is 19.6. The van der Waals surface area contributed by atoms with E-state index in [4.69, 9.17) is 21.3 Å². The quantitative estimate of drug-likeness (QED) is 0.438. The lowest BCUT2D eigenvalue weighted by Crippen LogP contribution is -2.45. The van der Waals surface area contributed by atoms with Crippen LogP contribution in [-0.4, -0.2) is 54.8 Å². The molecule has 1 aromatic heterocycles. The number of pyridine rings is 1. The van der Waals surface area contributed by atoms with Crippen molar-refractivity contribution >= 4 is 5.96 Å². The normalized spacial score (nSPS) is 26.1. The number of nitrogens with one attached hydrogen (secondary N) is 3. The Morgan fingerprint density at radius 1 is 1.29 bits per heavy atom. The third-order valence-electron chi connectivity index (χ3n) is 5.69. The standard InChI is InChI=1S/C21H32N6O/c1-25-11-12-26(2)21(24)27-13-15(7-10-20(27)23)14-28-19-9-8-18(22)16-5-3-4-6-17(16)19/h3-7,10,13,16-19,23-25H,8-9,11-12,14,22H2,1-2H3/t16?,17?,18-,19+/m0/s1. The molecule has 0 spiro atoms. The highest BCUT2D eigenvalue weighted by molar-refractivity contribution is 5.78. The van der Waals surface area contributed by atoms with Gasteiger partial charge in [0.15, 0.2) is 0 Å². The van der Waals surface area contributed by atoms with Gasteiger partial charge in [0.1, 0.15) is 5.49 Å². The molecule has 4 atom stereocenters. The Kier molecular flexibility index (Phi) is 6.83. The SMILES string of the molecule is CNCCN(C)C(=N)n1cc(CO[C@@H]2CC[C@H](N)C3C=CC=CC32)ccc1=N. The van der Waals surface area contributed by atoms with Crippen LogP contribution in [0.4, 0.5) is 0 Å². The summed E-state index contributed by atoms with van der Waals surface area (Å²) in [6.07, 6.45) is 12.5. The van der Waals surface area contributed by atoms with Crippen molar-refractivity contribution in [2.45, 2.75) is 31.6 Å². The van der Waals surface area contributed by atoms with Crippen LogP contribution in [0.3, 0.4) is 0 Å². The molecule has 1 aromatic rings. The second-order valence-electron chi connectivity index (χ2n) is 7.66. The van der Waals surface area contributed by atoms with Crippen LogP contribution in [0.2, 0.25) is 0 Å². The van der Waals surface area contributed by atoms with Crippen LogP contribution in [0.15, 0.2) is 42.6 Å². The average molecular weight is 385 g/mol. The van der Waals surface area contributed by atoms with E-state index in [0.717, 1.165) is 24.9 Å². The third-order valence-corrected chi connectivity index (χ3v) is 5.69. The third kappa shape index (κ3) is 4.60. The van der Waals surface area contributed by atoms with Crippen LogP contribution in [0.25, 0.3) is 0 Å². The van der Waals surface area contributed by atoms with Gasteiger partial charge in [-0.05, 0) is 31.5 Å². The monoisotopic (exact) mass is 384 g/mol. The highest BCUT2D eigenvalue weighted by Gasteiger charge is 2.36.